The summed E-state index contributed by atoms with van der Waals surface area (Å²) in [5.74, 6) is 2.71. The lowest BCUT2D eigenvalue weighted by molar-refractivity contribution is -0.0191. The highest BCUT2D eigenvalue weighted by Crippen LogP contribution is 2.44. The first-order valence-electron chi connectivity index (χ1n) is 12.3. The van der Waals surface area contributed by atoms with Crippen molar-refractivity contribution < 1.29 is 14.6 Å². The molecule has 0 aromatic carbocycles. The van der Waals surface area contributed by atoms with E-state index < -0.39 is 5.60 Å². The molecule has 3 atom stereocenters. The Kier molecular flexibility index (Phi) is 5.30. The molecule has 0 amide bonds. The maximum Gasteiger partial charge on any atom is 0.218 e. The highest BCUT2D eigenvalue weighted by Gasteiger charge is 2.38. The Bertz CT molecular complexity index is 1170. The standard InChI is InChI=1S/C26H31N5O3/c1-26(2,32)23-11-17(7-9-27-23)29-24-14-21(8-10-28-24)34-25-15-22(16-3-4-16)30-31(25)18-12-19-5-6-20(13-18)33-19/h7-11,14-16,18-20,32H,3-6,12-13H2,1-2H3,(H,27,28,29)/t18-,19+,20-. The van der Waals surface area contributed by atoms with Crippen molar-refractivity contribution in [3.05, 3.63) is 54.1 Å². The van der Waals surface area contributed by atoms with Gasteiger partial charge in [-0.05, 0) is 70.6 Å². The Morgan fingerprint density at radius 3 is 2.53 bits per heavy atom. The summed E-state index contributed by atoms with van der Waals surface area (Å²) in [6, 6.07) is 9.84. The minimum atomic E-state index is -1.02. The Morgan fingerprint density at radius 2 is 1.79 bits per heavy atom. The van der Waals surface area contributed by atoms with Crippen LogP contribution in [0.5, 0.6) is 11.6 Å². The minimum Gasteiger partial charge on any atom is -0.439 e. The first-order valence-corrected chi connectivity index (χ1v) is 12.3. The Balaban J connectivity index is 1.23. The molecule has 1 saturated carbocycles. The van der Waals surface area contributed by atoms with E-state index in [-0.39, 0.29) is 0 Å². The van der Waals surface area contributed by atoms with E-state index in [9.17, 15) is 5.11 Å². The quantitative estimate of drug-likeness (QED) is 0.500. The number of rotatable bonds is 7. The minimum absolute atomic E-state index is 0.310. The van der Waals surface area contributed by atoms with Gasteiger partial charge in [0.1, 0.15) is 17.2 Å². The van der Waals surface area contributed by atoms with Gasteiger partial charge < -0.3 is 19.9 Å². The molecule has 8 nitrogen and oxygen atoms in total. The summed E-state index contributed by atoms with van der Waals surface area (Å²) >= 11 is 0. The number of hydrogen-bond donors (Lipinski definition) is 2. The molecule has 178 valence electrons. The number of aliphatic hydroxyl groups is 1. The van der Waals surface area contributed by atoms with Gasteiger partial charge in [-0.25, -0.2) is 9.67 Å². The van der Waals surface area contributed by atoms with Crippen LogP contribution in [-0.4, -0.2) is 37.1 Å². The summed E-state index contributed by atoms with van der Waals surface area (Å²) in [4.78, 5) is 8.70. The summed E-state index contributed by atoms with van der Waals surface area (Å²) in [7, 11) is 0. The first kappa shape index (κ1) is 21.6. The van der Waals surface area contributed by atoms with Crippen LogP contribution in [-0.2, 0) is 10.3 Å². The number of anilines is 2. The van der Waals surface area contributed by atoms with Gasteiger partial charge in [-0.15, -0.1) is 0 Å². The van der Waals surface area contributed by atoms with Gasteiger partial charge in [-0.2, -0.15) is 5.10 Å². The molecule has 1 aliphatic carbocycles. The summed E-state index contributed by atoms with van der Waals surface area (Å²) in [6.45, 7) is 3.43. The molecule has 0 spiro atoms. The van der Waals surface area contributed by atoms with E-state index >= 15 is 0 Å². The first-order chi connectivity index (χ1) is 16.4. The van der Waals surface area contributed by atoms with Crippen molar-refractivity contribution in [1.82, 2.24) is 19.7 Å². The van der Waals surface area contributed by atoms with E-state index in [0.717, 1.165) is 42.9 Å². The lowest BCUT2D eigenvalue weighted by Gasteiger charge is -2.29. The van der Waals surface area contributed by atoms with Crippen LogP contribution in [0.3, 0.4) is 0 Å². The zero-order valence-corrected chi connectivity index (χ0v) is 19.6. The normalized spacial score (nSPS) is 24.3. The van der Waals surface area contributed by atoms with Crippen LogP contribution >= 0.6 is 0 Å². The van der Waals surface area contributed by atoms with Crippen LogP contribution in [0.1, 0.15) is 75.7 Å². The number of fused-ring (bicyclic) bond motifs is 2. The zero-order chi connectivity index (χ0) is 23.3. The van der Waals surface area contributed by atoms with Crippen molar-refractivity contribution in [2.45, 2.75) is 82.1 Å². The van der Waals surface area contributed by atoms with Crippen LogP contribution in [0.25, 0.3) is 0 Å². The molecule has 5 heterocycles. The number of pyridine rings is 2. The highest BCUT2D eigenvalue weighted by molar-refractivity contribution is 5.57. The van der Waals surface area contributed by atoms with E-state index in [0.29, 0.717) is 41.4 Å². The van der Waals surface area contributed by atoms with Crippen molar-refractivity contribution in [2.75, 3.05) is 5.32 Å². The molecule has 3 aromatic rings. The molecule has 34 heavy (non-hydrogen) atoms. The van der Waals surface area contributed by atoms with Crippen molar-refractivity contribution in [1.29, 1.82) is 0 Å². The number of ether oxygens (including phenoxy) is 2. The third kappa shape index (κ3) is 4.52. The number of nitrogens with one attached hydrogen (secondary N) is 1. The average Bonchev–Trinajstić information content (AvgIpc) is 3.49. The predicted octanol–water partition coefficient (Wildman–Crippen LogP) is 5.20. The van der Waals surface area contributed by atoms with E-state index in [1.54, 1.807) is 26.2 Å². The second-order valence-electron chi connectivity index (χ2n) is 10.3. The van der Waals surface area contributed by atoms with Crippen LogP contribution in [0, 0.1) is 0 Å². The maximum absolute atomic E-state index is 10.3. The molecule has 3 aromatic heterocycles. The molecule has 2 bridgehead atoms. The molecule has 3 aliphatic rings. The molecular weight excluding hydrogens is 430 g/mol. The van der Waals surface area contributed by atoms with E-state index in [2.05, 4.69) is 26.0 Å². The van der Waals surface area contributed by atoms with Crippen LogP contribution in [0.4, 0.5) is 11.5 Å². The van der Waals surface area contributed by atoms with Gasteiger partial charge in [0, 0.05) is 36.1 Å². The smallest absolute Gasteiger partial charge is 0.218 e. The summed E-state index contributed by atoms with van der Waals surface area (Å²) in [6.07, 6.45) is 10.8. The van der Waals surface area contributed by atoms with Crippen LogP contribution in [0.15, 0.2) is 42.7 Å². The monoisotopic (exact) mass is 461 g/mol. The molecule has 3 fully saturated rings. The zero-order valence-electron chi connectivity index (χ0n) is 19.6. The molecule has 8 heteroatoms. The largest absolute Gasteiger partial charge is 0.439 e. The summed E-state index contributed by atoms with van der Waals surface area (Å²) in [5, 5.41) is 18.5. The number of hydrogen-bond acceptors (Lipinski definition) is 7. The van der Waals surface area contributed by atoms with Crippen molar-refractivity contribution in [3.8, 4) is 11.6 Å². The van der Waals surface area contributed by atoms with E-state index in [1.807, 2.05) is 24.3 Å². The van der Waals surface area contributed by atoms with E-state index in [1.165, 1.54) is 12.8 Å². The van der Waals surface area contributed by atoms with Gasteiger partial charge in [-0.1, -0.05) is 0 Å². The Labute approximate surface area is 199 Å². The molecule has 2 aliphatic heterocycles. The molecule has 6 rings (SSSR count). The number of nitrogens with zero attached hydrogens (tertiary/aromatic N) is 4. The summed E-state index contributed by atoms with van der Waals surface area (Å²) < 4.78 is 14.6. The number of aromatic nitrogens is 4. The van der Waals surface area contributed by atoms with Crippen molar-refractivity contribution in [3.63, 3.8) is 0 Å². The Hall–Kier alpha value is -2.97. The van der Waals surface area contributed by atoms with Gasteiger partial charge in [-0.3, -0.25) is 4.98 Å². The van der Waals surface area contributed by atoms with Crippen molar-refractivity contribution in [2.24, 2.45) is 0 Å². The summed E-state index contributed by atoms with van der Waals surface area (Å²) in [5.41, 5.74) is 1.51. The van der Waals surface area contributed by atoms with Gasteiger partial charge in [0.25, 0.3) is 0 Å². The van der Waals surface area contributed by atoms with Gasteiger partial charge in [0.05, 0.1) is 29.6 Å². The molecular formula is C26H31N5O3. The van der Waals surface area contributed by atoms with Crippen LogP contribution in [0.2, 0.25) is 0 Å². The second kappa shape index (κ2) is 8.36. The second-order valence-corrected chi connectivity index (χ2v) is 10.3. The Morgan fingerprint density at radius 1 is 1.03 bits per heavy atom. The van der Waals surface area contributed by atoms with E-state index in [4.69, 9.17) is 14.6 Å². The fourth-order valence-electron chi connectivity index (χ4n) is 5.00. The topological polar surface area (TPSA) is 94.3 Å². The third-order valence-corrected chi connectivity index (χ3v) is 6.94. The molecule has 2 N–H and O–H groups in total. The SMILES string of the molecule is CC(C)(O)c1cc(Nc2cc(Oc3cc(C4CC4)nn3[C@H]3C[C@H]4CC[C@@H](C3)O4)ccn2)ccn1. The fraction of sp³-hybridized carbons (Fsp3) is 0.500. The van der Waals surface area contributed by atoms with Gasteiger partial charge >= 0.3 is 0 Å². The van der Waals surface area contributed by atoms with Gasteiger partial charge in [0.15, 0.2) is 0 Å². The maximum atomic E-state index is 10.3. The molecule has 2 saturated heterocycles. The lowest BCUT2D eigenvalue weighted by Crippen LogP contribution is -2.28. The molecule has 0 radical (unpaired) electrons. The predicted molar refractivity (Wildman–Crippen MR) is 127 cm³/mol. The fourth-order valence-corrected chi connectivity index (χ4v) is 5.00. The average molecular weight is 462 g/mol. The van der Waals surface area contributed by atoms with Crippen LogP contribution < -0.4 is 10.1 Å². The van der Waals surface area contributed by atoms with Gasteiger partial charge in [0.2, 0.25) is 5.88 Å². The highest BCUT2D eigenvalue weighted by atomic mass is 16.5. The lowest BCUT2D eigenvalue weighted by atomic mass is 10.0. The third-order valence-electron chi connectivity index (χ3n) is 6.94. The molecule has 0 unspecified atom stereocenters. The van der Waals surface area contributed by atoms with Crippen molar-refractivity contribution >= 4 is 11.5 Å².